The van der Waals surface area contributed by atoms with E-state index in [2.05, 4.69) is 13.8 Å². The van der Waals surface area contributed by atoms with Crippen LogP contribution < -0.4 is 9.80 Å². The van der Waals surface area contributed by atoms with E-state index in [-0.39, 0.29) is 6.67 Å². The van der Waals surface area contributed by atoms with E-state index in [1.54, 1.807) is 0 Å². The van der Waals surface area contributed by atoms with Crippen LogP contribution in [0.2, 0.25) is 0 Å². The van der Waals surface area contributed by atoms with E-state index in [9.17, 15) is 9.59 Å². The fraction of sp³-hybridized carbons (Fsp3) is 0.481. The average molecular weight is 455 g/mol. The number of anilines is 2. The van der Waals surface area contributed by atoms with E-state index in [1.807, 2.05) is 60.7 Å². The van der Waals surface area contributed by atoms with Gasteiger partial charge in [0.2, 0.25) is 0 Å². The number of hydrogen-bond acceptors (Lipinski definition) is 4. The summed E-state index contributed by atoms with van der Waals surface area (Å²) in [6, 6.07) is 18.5. The smallest absolute Gasteiger partial charge is 0.415 e. The second-order valence-corrected chi connectivity index (χ2v) is 8.02. The minimum Gasteiger partial charge on any atom is -0.449 e. The molecule has 0 aliphatic heterocycles. The molecular weight excluding hydrogens is 416 g/mol. The molecule has 0 aliphatic carbocycles. The molecule has 0 bridgehead atoms. The van der Waals surface area contributed by atoms with Crippen molar-refractivity contribution in [2.75, 3.05) is 29.7 Å². The normalized spacial score (nSPS) is 10.5. The molecule has 0 radical (unpaired) electrons. The van der Waals surface area contributed by atoms with Crippen LogP contribution >= 0.6 is 0 Å². The summed E-state index contributed by atoms with van der Waals surface area (Å²) in [5.74, 6) is 0. The molecule has 2 amide bonds. The standard InChI is InChI=1S/C27H38N2O4/c1-3-5-7-15-21-32-26(30)28(24-17-11-9-12-18-24)23-29(25-19-13-10-14-20-25)27(31)33-22-16-8-6-4-2/h9-14,17-20H,3-8,15-16,21-23H2,1-2H3. The molecule has 0 saturated heterocycles. The number of carbonyl (C=O) groups is 2. The summed E-state index contributed by atoms with van der Waals surface area (Å²) in [7, 11) is 0. The minimum absolute atomic E-state index is 0.00435. The molecule has 6 heteroatoms. The van der Waals surface area contributed by atoms with Crippen LogP contribution in [0.3, 0.4) is 0 Å². The van der Waals surface area contributed by atoms with E-state index < -0.39 is 12.2 Å². The Morgan fingerprint density at radius 1 is 0.606 bits per heavy atom. The van der Waals surface area contributed by atoms with Gasteiger partial charge in [0, 0.05) is 11.4 Å². The third-order valence-electron chi connectivity index (χ3n) is 5.31. The zero-order valence-corrected chi connectivity index (χ0v) is 20.1. The first-order chi connectivity index (χ1) is 16.2. The molecule has 0 atom stereocenters. The van der Waals surface area contributed by atoms with Crippen molar-refractivity contribution in [3.05, 3.63) is 60.7 Å². The van der Waals surface area contributed by atoms with E-state index >= 15 is 0 Å². The van der Waals surface area contributed by atoms with Gasteiger partial charge in [-0.05, 0) is 37.1 Å². The summed E-state index contributed by atoms with van der Waals surface area (Å²) >= 11 is 0. The first-order valence-corrected chi connectivity index (χ1v) is 12.2. The van der Waals surface area contributed by atoms with Crippen LogP contribution in [0.25, 0.3) is 0 Å². The van der Waals surface area contributed by atoms with Gasteiger partial charge in [0.1, 0.15) is 6.67 Å². The van der Waals surface area contributed by atoms with Crippen LogP contribution in [0.5, 0.6) is 0 Å². The molecule has 2 rings (SSSR count). The van der Waals surface area contributed by atoms with Gasteiger partial charge in [0.25, 0.3) is 0 Å². The molecule has 0 unspecified atom stereocenters. The predicted octanol–water partition coefficient (Wildman–Crippen LogP) is 7.39. The number of unbranched alkanes of at least 4 members (excludes halogenated alkanes) is 6. The van der Waals surface area contributed by atoms with Crippen LogP contribution in [-0.4, -0.2) is 32.1 Å². The highest BCUT2D eigenvalue weighted by Gasteiger charge is 2.25. The lowest BCUT2D eigenvalue weighted by atomic mass is 10.2. The van der Waals surface area contributed by atoms with Crippen molar-refractivity contribution in [1.29, 1.82) is 0 Å². The van der Waals surface area contributed by atoms with Crippen LogP contribution in [0, 0.1) is 0 Å². The van der Waals surface area contributed by atoms with Crippen molar-refractivity contribution in [1.82, 2.24) is 0 Å². The number of para-hydroxylation sites is 2. The SMILES string of the molecule is CCCCCCOC(=O)N(CN(C(=O)OCCCCCC)c1ccccc1)c1ccccc1. The fourth-order valence-corrected chi connectivity index (χ4v) is 3.38. The van der Waals surface area contributed by atoms with Gasteiger partial charge in [-0.2, -0.15) is 0 Å². The van der Waals surface area contributed by atoms with Gasteiger partial charge in [0.05, 0.1) is 13.2 Å². The van der Waals surface area contributed by atoms with Gasteiger partial charge < -0.3 is 9.47 Å². The first kappa shape index (κ1) is 26.2. The van der Waals surface area contributed by atoms with Gasteiger partial charge in [-0.25, -0.2) is 9.59 Å². The van der Waals surface area contributed by atoms with E-state index in [0.717, 1.165) is 51.4 Å². The number of benzene rings is 2. The zero-order chi connectivity index (χ0) is 23.7. The Kier molecular flexibility index (Phi) is 12.5. The van der Waals surface area contributed by atoms with Crippen LogP contribution in [-0.2, 0) is 9.47 Å². The lowest BCUT2D eigenvalue weighted by Gasteiger charge is -2.29. The molecule has 0 saturated carbocycles. The van der Waals surface area contributed by atoms with Crippen molar-refractivity contribution < 1.29 is 19.1 Å². The summed E-state index contributed by atoms with van der Waals surface area (Å²) in [5, 5.41) is 0. The number of ether oxygens (including phenoxy) is 2. The Balaban J connectivity index is 2.14. The number of hydrogen-bond donors (Lipinski definition) is 0. The maximum absolute atomic E-state index is 13.0. The van der Waals surface area contributed by atoms with E-state index in [0.29, 0.717) is 24.6 Å². The second-order valence-electron chi connectivity index (χ2n) is 8.02. The third-order valence-corrected chi connectivity index (χ3v) is 5.31. The molecular formula is C27H38N2O4. The maximum Gasteiger partial charge on any atom is 0.415 e. The number of amides is 2. The number of nitrogens with zero attached hydrogens (tertiary/aromatic N) is 2. The molecule has 0 N–H and O–H groups in total. The van der Waals surface area contributed by atoms with Crippen molar-refractivity contribution in [2.45, 2.75) is 65.2 Å². The van der Waals surface area contributed by atoms with Gasteiger partial charge in [0.15, 0.2) is 0 Å². The molecule has 2 aromatic rings. The predicted molar refractivity (Wildman–Crippen MR) is 134 cm³/mol. The Morgan fingerprint density at radius 2 is 1.00 bits per heavy atom. The third kappa shape index (κ3) is 9.56. The summed E-state index contributed by atoms with van der Waals surface area (Å²) in [6.07, 6.45) is 7.22. The Labute approximate surface area is 198 Å². The largest absolute Gasteiger partial charge is 0.449 e. The Hall–Kier alpha value is -3.02. The summed E-state index contributed by atoms with van der Waals surface area (Å²) in [6.45, 7) is 4.99. The molecule has 2 aromatic carbocycles. The highest BCUT2D eigenvalue weighted by molar-refractivity contribution is 5.93. The highest BCUT2D eigenvalue weighted by atomic mass is 16.6. The second kappa shape index (κ2) is 15.7. The number of rotatable bonds is 14. The monoisotopic (exact) mass is 454 g/mol. The molecule has 0 heterocycles. The molecule has 0 fully saturated rings. The zero-order valence-electron chi connectivity index (χ0n) is 20.1. The maximum atomic E-state index is 13.0. The topological polar surface area (TPSA) is 59.1 Å². The summed E-state index contributed by atoms with van der Waals surface area (Å²) < 4.78 is 11.1. The molecule has 6 nitrogen and oxygen atoms in total. The van der Waals surface area contributed by atoms with Gasteiger partial charge >= 0.3 is 12.2 Å². The summed E-state index contributed by atoms with van der Waals surface area (Å²) in [5.41, 5.74) is 1.32. The van der Waals surface area contributed by atoms with Crippen molar-refractivity contribution in [3.63, 3.8) is 0 Å². The average Bonchev–Trinajstić information content (AvgIpc) is 2.85. The Bertz CT molecular complexity index is 731. The van der Waals surface area contributed by atoms with Crippen LogP contribution in [0.15, 0.2) is 60.7 Å². The van der Waals surface area contributed by atoms with E-state index in [1.165, 1.54) is 9.80 Å². The van der Waals surface area contributed by atoms with Crippen molar-refractivity contribution >= 4 is 23.6 Å². The Morgan fingerprint density at radius 3 is 1.36 bits per heavy atom. The van der Waals surface area contributed by atoms with Crippen LogP contribution in [0.1, 0.15) is 65.2 Å². The number of carbonyl (C=O) groups excluding carboxylic acids is 2. The van der Waals surface area contributed by atoms with E-state index in [4.69, 9.17) is 9.47 Å². The molecule has 33 heavy (non-hydrogen) atoms. The molecule has 0 aromatic heterocycles. The molecule has 180 valence electrons. The molecule has 0 spiro atoms. The molecule has 0 aliphatic rings. The summed E-state index contributed by atoms with van der Waals surface area (Å²) in [4.78, 5) is 29.0. The highest BCUT2D eigenvalue weighted by Crippen LogP contribution is 2.21. The van der Waals surface area contributed by atoms with Gasteiger partial charge in [-0.15, -0.1) is 0 Å². The first-order valence-electron chi connectivity index (χ1n) is 12.2. The van der Waals surface area contributed by atoms with Crippen molar-refractivity contribution in [2.24, 2.45) is 0 Å². The van der Waals surface area contributed by atoms with Gasteiger partial charge in [-0.3, -0.25) is 9.80 Å². The quantitative estimate of drug-likeness (QED) is 0.220. The fourth-order valence-electron chi connectivity index (χ4n) is 3.38. The minimum atomic E-state index is -0.477. The lowest BCUT2D eigenvalue weighted by Crippen LogP contribution is -2.45. The van der Waals surface area contributed by atoms with Crippen molar-refractivity contribution in [3.8, 4) is 0 Å². The lowest BCUT2D eigenvalue weighted by molar-refractivity contribution is 0.146. The van der Waals surface area contributed by atoms with Gasteiger partial charge in [-0.1, -0.05) is 88.8 Å². The van der Waals surface area contributed by atoms with Crippen LogP contribution in [0.4, 0.5) is 21.0 Å².